The van der Waals surface area contributed by atoms with E-state index in [9.17, 15) is 9.90 Å². The lowest BCUT2D eigenvalue weighted by molar-refractivity contribution is -0.116. The number of amides is 1. The molecule has 94 valence electrons. The van der Waals surface area contributed by atoms with E-state index in [4.69, 9.17) is 10.00 Å². The van der Waals surface area contributed by atoms with Gasteiger partial charge >= 0.3 is 0 Å². The molecule has 0 heterocycles. The quantitative estimate of drug-likeness (QED) is 0.659. The number of carbonyl (C=O) groups is 1. The number of methoxy groups -OCH3 is 1. The number of ether oxygens (including phenoxy) is 1. The molecule has 1 rings (SSSR count). The molecule has 0 aromatic heterocycles. The molecule has 0 aliphatic carbocycles. The highest BCUT2D eigenvalue weighted by molar-refractivity contribution is 9.10. The number of likely N-dealkylation sites (N-methyl/N-ethyl adjacent to an activating group) is 1. The Hall–Kier alpha value is -2.00. The van der Waals surface area contributed by atoms with Gasteiger partial charge in [0.2, 0.25) is 0 Å². The minimum absolute atomic E-state index is 0.0530. The van der Waals surface area contributed by atoms with Crippen molar-refractivity contribution in [1.29, 1.82) is 5.26 Å². The summed E-state index contributed by atoms with van der Waals surface area (Å²) in [6, 6.07) is 4.75. The van der Waals surface area contributed by atoms with Crippen LogP contribution in [-0.4, -0.2) is 25.2 Å². The molecule has 1 aromatic rings. The van der Waals surface area contributed by atoms with E-state index in [1.165, 1.54) is 26.3 Å². The molecule has 1 amide bonds. The second-order valence-corrected chi connectivity index (χ2v) is 4.15. The summed E-state index contributed by atoms with van der Waals surface area (Å²) in [7, 11) is 2.87. The van der Waals surface area contributed by atoms with Crippen molar-refractivity contribution in [2.45, 2.75) is 0 Å². The Morgan fingerprint density at radius 3 is 2.78 bits per heavy atom. The standard InChI is InChI=1S/C12H11BrN2O3/c1-15-12(17)8(6-14)3-7-4-10(16)11(18-2)5-9(7)13/h3-5,16H,1-2H3,(H,15,17)/b8-3+. The predicted molar refractivity (Wildman–Crippen MR) is 70.0 cm³/mol. The first-order chi connectivity index (χ1) is 8.53. The van der Waals surface area contributed by atoms with Crippen molar-refractivity contribution in [1.82, 2.24) is 5.32 Å². The summed E-state index contributed by atoms with van der Waals surface area (Å²) in [5, 5.41) is 20.9. The average Bonchev–Trinajstić information content (AvgIpc) is 2.38. The number of nitrogens with zero attached hydrogens (tertiary/aromatic N) is 1. The van der Waals surface area contributed by atoms with Crippen LogP contribution in [0.5, 0.6) is 11.5 Å². The van der Waals surface area contributed by atoms with E-state index < -0.39 is 5.91 Å². The van der Waals surface area contributed by atoms with Crippen molar-refractivity contribution in [3.05, 3.63) is 27.7 Å². The van der Waals surface area contributed by atoms with Gasteiger partial charge in [0.15, 0.2) is 11.5 Å². The number of halogens is 1. The van der Waals surface area contributed by atoms with Crippen LogP contribution < -0.4 is 10.1 Å². The number of hydrogen-bond acceptors (Lipinski definition) is 4. The number of phenolic OH excluding ortho intramolecular Hbond substituents is 1. The molecule has 0 unspecified atom stereocenters. The smallest absolute Gasteiger partial charge is 0.261 e. The molecule has 0 saturated heterocycles. The van der Waals surface area contributed by atoms with Gasteiger partial charge in [-0.3, -0.25) is 4.79 Å². The van der Waals surface area contributed by atoms with Crippen molar-refractivity contribution in [2.24, 2.45) is 0 Å². The zero-order chi connectivity index (χ0) is 13.7. The van der Waals surface area contributed by atoms with Crippen molar-refractivity contribution in [3.8, 4) is 17.6 Å². The molecule has 18 heavy (non-hydrogen) atoms. The third kappa shape index (κ3) is 3.02. The van der Waals surface area contributed by atoms with Crippen molar-refractivity contribution < 1.29 is 14.6 Å². The van der Waals surface area contributed by atoms with E-state index in [1.54, 1.807) is 12.1 Å². The highest BCUT2D eigenvalue weighted by Gasteiger charge is 2.10. The Balaban J connectivity index is 3.27. The summed E-state index contributed by atoms with van der Waals surface area (Å²) < 4.78 is 5.54. The molecule has 2 N–H and O–H groups in total. The first-order valence-electron chi connectivity index (χ1n) is 4.93. The average molecular weight is 311 g/mol. The lowest BCUT2D eigenvalue weighted by Crippen LogP contribution is -2.19. The summed E-state index contributed by atoms with van der Waals surface area (Å²) in [5.41, 5.74) is 0.455. The molecule has 0 saturated carbocycles. The third-order valence-electron chi connectivity index (χ3n) is 2.19. The molecular weight excluding hydrogens is 300 g/mol. The maximum Gasteiger partial charge on any atom is 0.261 e. The maximum atomic E-state index is 11.4. The van der Waals surface area contributed by atoms with Gasteiger partial charge in [-0.25, -0.2) is 0 Å². The van der Waals surface area contributed by atoms with Gasteiger partial charge in [0.25, 0.3) is 5.91 Å². The van der Waals surface area contributed by atoms with E-state index in [0.29, 0.717) is 15.8 Å². The number of aromatic hydroxyl groups is 1. The van der Waals surface area contributed by atoms with Gasteiger partial charge < -0.3 is 15.2 Å². The fraction of sp³-hybridized carbons (Fsp3) is 0.167. The summed E-state index contributed by atoms with van der Waals surface area (Å²) in [4.78, 5) is 11.4. The van der Waals surface area contributed by atoms with Gasteiger partial charge in [-0.05, 0) is 23.8 Å². The van der Waals surface area contributed by atoms with Gasteiger partial charge in [-0.1, -0.05) is 15.9 Å². The number of rotatable bonds is 3. The van der Waals surface area contributed by atoms with E-state index in [1.807, 2.05) is 0 Å². The zero-order valence-electron chi connectivity index (χ0n) is 9.82. The van der Waals surface area contributed by atoms with Gasteiger partial charge in [-0.2, -0.15) is 5.26 Å². The Kier molecular flexibility index (Phi) is 4.75. The van der Waals surface area contributed by atoms with Crippen LogP contribution in [0.4, 0.5) is 0 Å². The Morgan fingerprint density at radius 1 is 1.61 bits per heavy atom. The van der Waals surface area contributed by atoms with E-state index >= 15 is 0 Å². The fourth-order valence-corrected chi connectivity index (χ4v) is 1.71. The predicted octanol–water partition coefficient (Wildman–Crippen LogP) is 1.82. The molecule has 0 radical (unpaired) electrons. The molecule has 0 fully saturated rings. The number of nitrogens with one attached hydrogen (secondary N) is 1. The number of phenols is 1. The van der Waals surface area contributed by atoms with Crippen molar-refractivity contribution in [2.75, 3.05) is 14.2 Å². The Bertz CT molecular complexity index is 547. The largest absolute Gasteiger partial charge is 0.504 e. The lowest BCUT2D eigenvalue weighted by Gasteiger charge is -2.06. The molecule has 1 aromatic carbocycles. The molecule has 0 bridgehead atoms. The first-order valence-corrected chi connectivity index (χ1v) is 5.73. The highest BCUT2D eigenvalue weighted by atomic mass is 79.9. The number of hydrogen-bond donors (Lipinski definition) is 2. The van der Waals surface area contributed by atoms with Crippen LogP contribution in [0.25, 0.3) is 6.08 Å². The summed E-state index contributed by atoms with van der Waals surface area (Å²) in [5.74, 6) is -0.252. The summed E-state index contributed by atoms with van der Waals surface area (Å²) in [6.45, 7) is 0. The van der Waals surface area contributed by atoms with Crippen LogP contribution >= 0.6 is 15.9 Å². The minimum atomic E-state index is -0.486. The van der Waals surface area contributed by atoms with Gasteiger partial charge in [0.05, 0.1) is 7.11 Å². The lowest BCUT2D eigenvalue weighted by atomic mass is 10.1. The van der Waals surface area contributed by atoms with E-state index in [2.05, 4.69) is 21.2 Å². The normalized spacial score (nSPS) is 10.7. The van der Waals surface area contributed by atoms with E-state index in [-0.39, 0.29) is 11.3 Å². The van der Waals surface area contributed by atoms with E-state index in [0.717, 1.165) is 0 Å². The molecule has 0 aliphatic heterocycles. The van der Waals surface area contributed by atoms with Crippen LogP contribution in [0, 0.1) is 11.3 Å². The SMILES string of the molecule is CNC(=O)/C(C#N)=C/c1cc(O)c(OC)cc1Br. The molecular formula is C12H11BrN2O3. The molecule has 0 spiro atoms. The molecule has 5 nitrogen and oxygen atoms in total. The number of nitriles is 1. The summed E-state index contributed by atoms with van der Waals surface area (Å²) in [6.07, 6.45) is 1.38. The zero-order valence-corrected chi connectivity index (χ0v) is 11.4. The fourth-order valence-electron chi connectivity index (χ4n) is 1.27. The Morgan fingerprint density at radius 2 is 2.28 bits per heavy atom. The Labute approximate surface area is 113 Å². The third-order valence-corrected chi connectivity index (χ3v) is 2.88. The summed E-state index contributed by atoms with van der Waals surface area (Å²) >= 11 is 3.27. The molecule has 0 aliphatic rings. The maximum absolute atomic E-state index is 11.4. The highest BCUT2D eigenvalue weighted by Crippen LogP contribution is 2.33. The van der Waals surface area contributed by atoms with Crippen molar-refractivity contribution in [3.63, 3.8) is 0 Å². The van der Waals surface area contributed by atoms with Crippen LogP contribution in [0.2, 0.25) is 0 Å². The van der Waals surface area contributed by atoms with Gasteiger partial charge in [-0.15, -0.1) is 0 Å². The minimum Gasteiger partial charge on any atom is -0.504 e. The van der Waals surface area contributed by atoms with Gasteiger partial charge in [0.1, 0.15) is 11.6 Å². The van der Waals surface area contributed by atoms with Gasteiger partial charge in [0, 0.05) is 11.5 Å². The number of carbonyl (C=O) groups excluding carboxylic acids is 1. The second kappa shape index (κ2) is 6.07. The van der Waals surface area contributed by atoms with Crippen molar-refractivity contribution >= 4 is 27.9 Å². The molecule has 6 heteroatoms. The second-order valence-electron chi connectivity index (χ2n) is 3.29. The van der Waals surface area contributed by atoms with Crippen LogP contribution in [0.3, 0.4) is 0 Å². The first kappa shape index (κ1) is 14.1. The van der Waals surface area contributed by atoms with Crippen LogP contribution in [-0.2, 0) is 4.79 Å². The van der Waals surface area contributed by atoms with Crippen LogP contribution in [0.15, 0.2) is 22.2 Å². The monoisotopic (exact) mass is 310 g/mol. The molecule has 0 atom stereocenters. The van der Waals surface area contributed by atoms with Crippen LogP contribution in [0.1, 0.15) is 5.56 Å². The topological polar surface area (TPSA) is 82.4 Å². The number of benzene rings is 1.